The van der Waals surface area contributed by atoms with E-state index in [1.54, 1.807) is 0 Å². The van der Waals surface area contributed by atoms with Crippen LogP contribution in [0.5, 0.6) is 0 Å². The standard InChI is InChI=1S/C13H26N2/c1-3-11-8-9-15(10-11)13-7-5-6-12(13)14-4-2/h11-14H,3-10H2,1-2H3. The van der Waals surface area contributed by atoms with Gasteiger partial charge in [0.2, 0.25) is 0 Å². The van der Waals surface area contributed by atoms with Crippen LogP contribution in [0.25, 0.3) is 0 Å². The van der Waals surface area contributed by atoms with E-state index in [2.05, 4.69) is 24.1 Å². The van der Waals surface area contributed by atoms with E-state index in [0.717, 1.165) is 24.5 Å². The summed E-state index contributed by atoms with van der Waals surface area (Å²) < 4.78 is 0. The summed E-state index contributed by atoms with van der Waals surface area (Å²) in [5, 5.41) is 3.66. The first kappa shape index (κ1) is 11.4. The van der Waals surface area contributed by atoms with E-state index in [0.29, 0.717) is 0 Å². The summed E-state index contributed by atoms with van der Waals surface area (Å²) in [6.07, 6.45) is 7.05. The molecule has 2 aliphatic rings. The zero-order chi connectivity index (χ0) is 10.7. The predicted molar refractivity (Wildman–Crippen MR) is 65.1 cm³/mol. The molecule has 0 spiro atoms. The van der Waals surface area contributed by atoms with Gasteiger partial charge in [-0.2, -0.15) is 0 Å². The summed E-state index contributed by atoms with van der Waals surface area (Å²) in [4.78, 5) is 2.76. The Morgan fingerprint density at radius 2 is 2.07 bits per heavy atom. The average Bonchev–Trinajstić information content (AvgIpc) is 2.85. The third-order valence-corrected chi connectivity index (χ3v) is 4.31. The van der Waals surface area contributed by atoms with Crippen LogP contribution < -0.4 is 5.32 Å². The van der Waals surface area contributed by atoms with E-state index in [1.165, 1.54) is 45.2 Å². The molecular formula is C13H26N2. The second-order valence-electron chi connectivity index (χ2n) is 5.22. The van der Waals surface area contributed by atoms with Crippen LogP contribution in [0.4, 0.5) is 0 Å². The molecule has 0 aromatic heterocycles. The minimum Gasteiger partial charge on any atom is -0.313 e. The van der Waals surface area contributed by atoms with E-state index in [-0.39, 0.29) is 0 Å². The highest BCUT2D eigenvalue weighted by atomic mass is 15.2. The molecule has 0 amide bonds. The van der Waals surface area contributed by atoms with Crippen LogP contribution >= 0.6 is 0 Å². The molecule has 1 saturated heterocycles. The number of nitrogens with one attached hydrogen (secondary N) is 1. The van der Waals surface area contributed by atoms with Crippen molar-refractivity contribution in [3.05, 3.63) is 0 Å². The second kappa shape index (κ2) is 5.31. The van der Waals surface area contributed by atoms with Crippen molar-refractivity contribution in [3.63, 3.8) is 0 Å². The molecule has 1 heterocycles. The first-order valence-corrected chi connectivity index (χ1v) is 6.82. The monoisotopic (exact) mass is 210 g/mol. The van der Waals surface area contributed by atoms with Crippen LogP contribution in [0, 0.1) is 5.92 Å². The Balaban J connectivity index is 1.87. The Bertz CT molecular complexity index is 193. The summed E-state index contributed by atoms with van der Waals surface area (Å²) >= 11 is 0. The molecule has 2 rings (SSSR count). The van der Waals surface area contributed by atoms with Gasteiger partial charge < -0.3 is 5.32 Å². The summed E-state index contributed by atoms with van der Waals surface area (Å²) in [5.41, 5.74) is 0. The molecule has 0 bridgehead atoms. The lowest BCUT2D eigenvalue weighted by Crippen LogP contribution is -2.45. The smallest absolute Gasteiger partial charge is 0.0249 e. The van der Waals surface area contributed by atoms with Crippen molar-refractivity contribution in [2.75, 3.05) is 19.6 Å². The number of hydrogen-bond donors (Lipinski definition) is 1. The Morgan fingerprint density at radius 1 is 1.20 bits per heavy atom. The maximum atomic E-state index is 3.66. The fourth-order valence-electron chi connectivity index (χ4n) is 3.37. The molecule has 88 valence electrons. The molecule has 3 atom stereocenters. The van der Waals surface area contributed by atoms with E-state index >= 15 is 0 Å². The Morgan fingerprint density at radius 3 is 2.73 bits per heavy atom. The fourth-order valence-corrected chi connectivity index (χ4v) is 3.37. The fraction of sp³-hybridized carbons (Fsp3) is 1.00. The molecule has 2 heteroatoms. The molecule has 2 nitrogen and oxygen atoms in total. The van der Waals surface area contributed by atoms with Crippen LogP contribution in [0.3, 0.4) is 0 Å². The van der Waals surface area contributed by atoms with Gasteiger partial charge in [-0.1, -0.05) is 26.7 Å². The van der Waals surface area contributed by atoms with Crippen molar-refractivity contribution in [2.45, 2.75) is 58.0 Å². The normalized spacial score (nSPS) is 37.6. The molecule has 0 aromatic rings. The molecule has 1 N–H and O–H groups in total. The zero-order valence-corrected chi connectivity index (χ0v) is 10.3. The van der Waals surface area contributed by atoms with Gasteiger partial charge in [0.1, 0.15) is 0 Å². The third-order valence-electron chi connectivity index (χ3n) is 4.31. The van der Waals surface area contributed by atoms with Crippen LogP contribution in [0.15, 0.2) is 0 Å². The van der Waals surface area contributed by atoms with Gasteiger partial charge in [0.05, 0.1) is 0 Å². The van der Waals surface area contributed by atoms with Gasteiger partial charge in [-0.15, -0.1) is 0 Å². The van der Waals surface area contributed by atoms with Crippen LogP contribution in [-0.2, 0) is 0 Å². The number of hydrogen-bond acceptors (Lipinski definition) is 2. The highest BCUT2D eigenvalue weighted by molar-refractivity contribution is 4.92. The minimum atomic E-state index is 0.783. The predicted octanol–water partition coefficient (Wildman–Crippen LogP) is 2.25. The summed E-state index contributed by atoms with van der Waals surface area (Å²) in [7, 11) is 0. The van der Waals surface area contributed by atoms with E-state index in [9.17, 15) is 0 Å². The van der Waals surface area contributed by atoms with Crippen molar-refractivity contribution in [1.29, 1.82) is 0 Å². The summed E-state index contributed by atoms with van der Waals surface area (Å²) in [6.45, 7) is 8.42. The lowest BCUT2D eigenvalue weighted by molar-refractivity contribution is 0.205. The van der Waals surface area contributed by atoms with Gasteiger partial charge in [-0.3, -0.25) is 4.90 Å². The SMILES string of the molecule is CCNC1CCCC1N1CCC(CC)C1. The highest BCUT2D eigenvalue weighted by Gasteiger charge is 2.34. The molecule has 15 heavy (non-hydrogen) atoms. The van der Waals surface area contributed by atoms with Crippen molar-refractivity contribution >= 4 is 0 Å². The van der Waals surface area contributed by atoms with Gasteiger partial charge in [0.25, 0.3) is 0 Å². The lowest BCUT2D eigenvalue weighted by atomic mass is 10.1. The van der Waals surface area contributed by atoms with Crippen molar-refractivity contribution < 1.29 is 0 Å². The van der Waals surface area contributed by atoms with Crippen LogP contribution in [0.1, 0.15) is 46.0 Å². The van der Waals surface area contributed by atoms with Gasteiger partial charge in [-0.25, -0.2) is 0 Å². The number of likely N-dealkylation sites (tertiary alicyclic amines) is 1. The molecule has 1 aliphatic heterocycles. The number of rotatable bonds is 4. The number of likely N-dealkylation sites (N-methyl/N-ethyl adjacent to an activating group) is 1. The van der Waals surface area contributed by atoms with E-state index in [4.69, 9.17) is 0 Å². The van der Waals surface area contributed by atoms with Gasteiger partial charge in [0, 0.05) is 18.6 Å². The van der Waals surface area contributed by atoms with Crippen LogP contribution in [0.2, 0.25) is 0 Å². The summed E-state index contributed by atoms with van der Waals surface area (Å²) in [6, 6.07) is 1.63. The Hall–Kier alpha value is -0.0800. The molecule has 0 radical (unpaired) electrons. The quantitative estimate of drug-likeness (QED) is 0.765. The largest absolute Gasteiger partial charge is 0.313 e. The lowest BCUT2D eigenvalue weighted by Gasteiger charge is -2.30. The molecule has 0 aromatic carbocycles. The Kier molecular flexibility index (Phi) is 4.04. The summed E-state index contributed by atoms with van der Waals surface area (Å²) in [5.74, 6) is 0.980. The molecule has 1 aliphatic carbocycles. The van der Waals surface area contributed by atoms with Crippen molar-refractivity contribution in [3.8, 4) is 0 Å². The molecule has 3 unspecified atom stereocenters. The van der Waals surface area contributed by atoms with Crippen LogP contribution in [-0.4, -0.2) is 36.6 Å². The molecule has 2 fully saturated rings. The van der Waals surface area contributed by atoms with Gasteiger partial charge in [-0.05, 0) is 38.3 Å². The Labute approximate surface area is 94.4 Å². The maximum absolute atomic E-state index is 3.66. The molecular weight excluding hydrogens is 184 g/mol. The van der Waals surface area contributed by atoms with Gasteiger partial charge >= 0.3 is 0 Å². The minimum absolute atomic E-state index is 0.783. The first-order chi connectivity index (χ1) is 7.35. The number of nitrogens with zero attached hydrogens (tertiary/aromatic N) is 1. The van der Waals surface area contributed by atoms with E-state index < -0.39 is 0 Å². The maximum Gasteiger partial charge on any atom is 0.0249 e. The third kappa shape index (κ3) is 2.54. The topological polar surface area (TPSA) is 15.3 Å². The van der Waals surface area contributed by atoms with E-state index in [1.807, 2.05) is 0 Å². The van der Waals surface area contributed by atoms with Crippen molar-refractivity contribution in [2.24, 2.45) is 5.92 Å². The van der Waals surface area contributed by atoms with Gasteiger partial charge in [0.15, 0.2) is 0 Å². The average molecular weight is 210 g/mol. The molecule has 1 saturated carbocycles. The zero-order valence-electron chi connectivity index (χ0n) is 10.3. The first-order valence-electron chi connectivity index (χ1n) is 6.82. The highest BCUT2D eigenvalue weighted by Crippen LogP contribution is 2.29. The van der Waals surface area contributed by atoms with Crippen molar-refractivity contribution in [1.82, 2.24) is 10.2 Å². The second-order valence-corrected chi connectivity index (χ2v) is 5.22.